The molecule has 9 heavy (non-hydrogen) atoms. The maximum Gasteiger partial charge on any atom is 0.0371 e. The molecule has 1 fully saturated rings. The van der Waals surface area contributed by atoms with Gasteiger partial charge in [0.2, 0.25) is 0 Å². The van der Waals surface area contributed by atoms with Crippen molar-refractivity contribution in [2.45, 2.75) is 25.8 Å². The summed E-state index contributed by atoms with van der Waals surface area (Å²) in [6.45, 7) is 5.38. The van der Waals surface area contributed by atoms with Crippen LogP contribution >= 0.6 is 0 Å². The van der Waals surface area contributed by atoms with E-state index in [1.807, 2.05) is 0 Å². The Kier molecular flexibility index (Phi) is 3.01. The van der Waals surface area contributed by atoms with Gasteiger partial charge in [0.15, 0.2) is 0 Å². The summed E-state index contributed by atoms with van der Waals surface area (Å²) in [6.07, 6.45) is 2.59. The van der Waals surface area contributed by atoms with Crippen LogP contribution < -0.4 is 10.6 Å². The Balaban J connectivity index is 2.08. The van der Waals surface area contributed by atoms with E-state index in [0.717, 1.165) is 13.1 Å². The third-order valence-corrected chi connectivity index (χ3v) is 1.71. The van der Waals surface area contributed by atoms with Gasteiger partial charge in [-0.1, -0.05) is 6.92 Å². The minimum Gasteiger partial charge on any atom is -0.315 e. The van der Waals surface area contributed by atoms with E-state index in [0.29, 0.717) is 6.04 Å². The van der Waals surface area contributed by atoms with Crippen molar-refractivity contribution in [1.29, 1.82) is 0 Å². The third-order valence-electron chi connectivity index (χ3n) is 1.71. The van der Waals surface area contributed by atoms with Crippen LogP contribution in [0.15, 0.2) is 0 Å². The Morgan fingerprint density at radius 2 is 2.56 bits per heavy atom. The van der Waals surface area contributed by atoms with Gasteiger partial charge < -0.3 is 5.32 Å². The second kappa shape index (κ2) is 3.85. The summed E-state index contributed by atoms with van der Waals surface area (Å²) in [5.41, 5.74) is 0. The minimum absolute atomic E-state index is 0.615. The molecule has 1 aliphatic heterocycles. The lowest BCUT2D eigenvalue weighted by Gasteiger charge is -2.21. The number of nitrogens with one attached hydrogen (secondary N) is 1. The molecule has 0 saturated carbocycles. The number of piperidine rings is 1. The molecule has 53 valence electrons. The van der Waals surface area contributed by atoms with Crippen molar-refractivity contribution in [3.05, 3.63) is 0 Å². The first-order chi connectivity index (χ1) is 4.43. The Hall–Kier alpha value is -0.0800. The summed E-state index contributed by atoms with van der Waals surface area (Å²) < 4.78 is 0. The van der Waals surface area contributed by atoms with Gasteiger partial charge in [-0.25, -0.2) is 5.32 Å². The predicted molar refractivity (Wildman–Crippen MR) is 38.6 cm³/mol. The highest BCUT2D eigenvalue weighted by molar-refractivity contribution is 4.73. The van der Waals surface area contributed by atoms with E-state index in [-0.39, 0.29) is 0 Å². The van der Waals surface area contributed by atoms with Crippen LogP contribution in [0.4, 0.5) is 0 Å². The van der Waals surface area contributed by atoms with Crippen LogP contribution in [0, 0.1) is 0 Å². The molecule has 0 aromatic carbocycles. The number of likely N-dealkylation sites (N-methyl/N-ethyl adjacent to an activating group) is 1. The largest absolute Gasteiger partial charge is 0.315 e. The van der Waals surface area contributed by atoms with E-state index in [4.69, 9.17) is 0 Å². The third kappa shape index (κ3) is 2.33. The number of hydrogen-bond donors (Lipinski definition) is 1. The predicted octanol–water partition coefficient (Wildman–Crippen LogP) is 0.363. The van der Waals surface area contributed by atoms with Crippen LogP contribution in [-0.4, -0.2) is 25.7 Å². The Morgan fingerprint density at radius 1 is 1.67 bits per heavy atom. The summed E-state index contributed by atoms with van der Waals surface area (Å²) in [7, 11) is 0. The van der Waals surface area contributed by atoms with Gasteiger partial charge in [0.05, 0.1) is 0 Å². The topological polar surface area (TPSA) is 26.1 Å². The van der Waals surface area contributed by atoms with Gasteiger partial charge in [-0.05, 0) is 19.4 Å². The first kappa shape index (κ1) is 7.03. The Labute approximate surface area is 57.0 Å². The molecule has 1 N–H and O–H groups in total. The van der Waals surface area contributed by atoms with Crippen LogP contribution in [-0.2, 0) is 0 Å². The molecule has 0 aromatic rings. The van der Waals surface area contributed by atoms with Crippen molar-refractivity contribution >= 4 is 0 Å². The van der Waals surface area contributed by atoms with Crippen molar-refractivity contribution in [1.82, 2.24) is 10.6 Å². The second-order valence-electron chi connectivity index (χ2n) is 2.50. The fourth-order valence-electron chi connectivity index (χ4n) is 1.25. The lowest BCUT2D eigenvalue weighted by Crippen LogP contribution is -2.39. The van der Waals surface area contributed by atoms with Gasteiger partial charge in [-0.2, -0.15) is 0 Å². The zero-order valence-electron chi connectivity index (χ0n) is 6.06. The van der Waals surface area contributed by atoms with E-state index in [1.165, 1.54) is 19.4 Å². The van der Waals surface area contributed by atoms with Crippen molar-refractivity contribution in [2.75, 3.05) is 19.6 Å². The van der Waals surface area contributed by atoms with E-state index < -0.39 is 0 Å². The maximum absolute atomic E-state index is 4.42. The molecule has 2 heteroatoms. The summed E-state index contributed by atoms with van der Waals surface area (Å²) in [4.78, 5) is 0. The molecule has 2 nitrogen and oxygen atoms in total. The van der Waals surface area contributed by atoms with Crippen molar-refractivity contribution < 1.29 is 0 Å². The average molecular weight is 127 g/mol. The minimum atomic E-state index is 0.615. The summed E-state index contributed by atoms with van der Waals surface area (Å²) in [5.74, 6) is 0. The van der Waals surface area contributed by atoms with Gasteiger partial charge in [-0.15, -0.1) is 0 Å². The van der Waals surface area contributed by atoms with E-state index >= 15 is 0 Å². The monoisotopic (exact) mass is 127 g/mol. The molecule has 1 heterocycles. The van der Waals surface area contributed by atoms with E-state index in [1.54, 1.807) is 0 Å². The Bertz CT molecular complexity index is 64.6. The molecule has 0 amide bonds. The highest BCUT2D eigenvalue weighted by Crippen LogP contribution is 2.01. The van der Waals surface area contributed by atoms with Gasteiger partial charge in [0.25, 0.3) is 0 Å². The molecule has 1 radical (unpaired) electrons. The molecule has 0 bridgehead atoms. The summed E-state index contributed by atoms with van der Waals surface area (Å²) in [6, 6.07) is 0.615. The summed E-state index contributed by atoms with van der Waals surface area (Å²) in [5, 5.41) is 7.75. The SMILES string of the molecule is CC[N]C1CCCNC1. The smallest absolute Gasteiger partial charge is 0.0371 e. The first-order valence-electron chi connectivity index (χ1n) is 3.81. The van der Waals surface area contributed by atoms with E-state index in [9.17, 15) is 0 Å². The summed E-state index contributed by atoms with van der Waals surface area (Å²) >= 11 is 0. The highest BCUT2D eigenvalue weighted by Gasteiger charge is 2.10. The zero-order valence-corrected chi connectivity index (χ0v) is 6.06. The molecule has 0 spiro atoms. The first-order valence-corrected chi connectivity index (χ1v) is 3.81. The van der Waals surface area contributed by atoms with Crippen LogP contribution in [0.25, 0.3) is 0 Å². The zero-order chi connectivity index (χ0) is 6.53. The molecule has 0 aliphatic carbocycles. The van der Waals surface area contributed by atoms with Crippen molar-refractivity contribution in [3.63, 3.8) is 0 Å². The fraction of sp³-hybridized carbons (Fsp3) is 1.00. The number of hydrogen-bond acceptors (Lipinski definition) is 1. The van der Waals surface area contributed by atoms with Gasteiger partial charge in [0, 0.05) is 19.1 Å². The Morgan fingerprint density at radius 3 is 3.11 bits per heavy atom. The molecule has 1 unspecified atom stereocenters. The van der Waals surface area contributed by atoms with Crippen LogP contribution in [0.1, 0.15) is 19.8 Å². The lowest BCUT2D eigenvalue weighted by molar-refractivity contribution is 0.391. The highest BCUT2D eigenvalue weighted by atomic mass is 15.0. The van der Waals surface area contributed by atoms with E-state index in [2.05, 4.69) is 17.6 Å². The molecular weight excluding hydrogens is 112 g/mol. The molecule has 1 atom stereocenters. The molecule has 0 aromatic heterocycles. The van der Waals surface area contributed by atoms with Gasteiger partial charge in [-0.3, -0.25) is 0 Å². The van der Waals surface area contributed by atoms with Crippen LogP contribution in [0.3, 0.4) is 0 Å². The quantitative estimate of drug-likeness (QED) is 0.569. The molecule has 1 aliphatic rings. The normalized spacial score (nSPS) is 28.3. The molecule has 1 rings (SSSR count). The average Bonchev–Trinajstić information content (AvgIpc) is 1.91. The number of rotatable bonds is 2. The van der Waals surface area contributed by atoms with Crippen molar-refractivity contribution in [2.24, 2.45) is 0 Å². The van der Waals surface area contributed by atoms with Crippen LogP contribution in [0.2, 0.25) is 0 Å². The van der Waals surface area contributed by atoms with Crippen LogP contribution in [0.5, 0.6) is 0 Å². The molecule has 1 saturated heterocycles. The van der Waals surface area contributed by atoms with Gasteiger partial charge >= 0.3 is 0 Å². The lowest BCUT2D eigenvalue weighted by atomic mass is 10.1. The van der Waals surface area contributed by atoms with Gasteiger partial charge in [0.1, 0.15) is 0 Å². The maximum atomic E-state index is 4.42. The number of nitrogens with zero attached hydrogens (tertiary/aromatic N) is 1. The standard InChI is InChI=1S/C7H15N2/c1-2-9-7-4-3-5-8-6-7/h7-8H,2-6H2,1H3. The second-order valence-corrected chi connectivity index (χ2v) is 2.50. The fourth-order valence-corrected chi connectivity index (χ4v) is 1.25. The van der Waals surface area contributed by atoms with Crippen molar-refractivity contribution in [3.8, 4) is 0 Å². The molecular formula is C7H15N2.